The highest BCUT2D eigenvalue weighted by Gasteiger charge is 2.28. The van der Waals surface area contributed by atoms with Crippen LogP contribution in [0.15, 0.2) is 0 Å². The minimum atomic E-state index is -3.14. The lowest BCUT2D eigenvalue weighted by Gasteiger charge is -2.25. The van der Waals surface area contributed by atoms with Gasteiger partial charge in [-0.05, 0) is 32.1 Å². The third-order valence-corrected chi connectivity index (χ3v) is 5.56. The number of hydrogen-bond donors (Lipinski definition) is 2. The lowest BCUT2D eigenvalue weighted by Crippen LogP contribution is -2.47. The van der Waals surface area contributed by atoms with E-state index in [1.165, 1.54) is 0 Å². The maximum Gasteiger partial charge on any atom is 0.216 e. The summed E-state index contributed by atoms with van der Waals surface area (Å²) in [6.45, 7) is 3.54. The van der Waals surface area contributed by atoms with Crippen molar-refractivity contribution in [3.05, 3.63) is 0 Å². The van der Waals surface area contributed by atoms with Gasteiger partial charge in [0.2, 0.25) is 10.0 Å². The number of rotatable bonds is 6. The highest BCUT2D eigenvalue weighted by Crippen LogP contribution is 2.12. The Hall–Kier alpha value is 0.220. The number of nitrogens with one attached hydrogen (secondary N) is 2. The Morgan fingerprint density at radius 3 is 2.81 bits per heavy atom. The fourth-order valence-corrected chi connectivity index (χ4v) is 4.40. The van der Waals surface area contributed by atoms with Crippen LogP contribution in [0.2, 0.25) is 0 Å². The van der Waals surface area contributed by atoms with Crippen LogP contribution in [0.25, 0.3) is 0 Å². The molecule has 1 rings (SSSR count). The Balaban J connectivity index is 2.54. The summed E-state index contributed by atoms with van der Waals surface area (Å²) in [5.41, 5.74) is 0. The van der Waals surface area contributed by atoms with Crippen molar-refractivity contribution in [2.45, 2.75) is 37.5 Å². The molecule has 1 heterocycles. The van der Waals surface area contributed by atoms with Gasteiger partial charge >= 0.3 is 0 Å². The van der Waals surface area contributed by atoms with Gasteiger partial charge in [-0.2, -0.15) is 11.8 Å². The van der Waals surface area contributed by atoms with Crippen LogP contribution < -0.4 is 10.0 Å². The van der Waals surface area contributed by atoms with Crippen LogP contribution >= 0.6 is 11.8 Å². The van der Waals surface area contributed by atoms with E-state index < -0.39 is 10.0 Å². The predicted octanol–water partition coefficient (Wildman–Crippen LogP) is 0.799. The smallest absolute Gasteiger partial charge is 0.216 e. The molecule has 1 aliphatic rings. The maximum atomic E-state index is 12.1. The quantitative estimate of drug-likeness (QED) is 0.746. The third kappa shape index (κ3) is 4.24. The van der Waals surface area contributed by atoms with Crippen molar-refractivity contribution in [1.82, 2.24) is 10.0 Å². The Morgan fingerprint density at radius 2 is 2.31 bits per heavy atom. The molecule has 0 aliphatic carbocycles. The normalized spacial score (nSPS) is 24.2. The average Bonchev–Trinajstić information content (AvgIpc) is 2.29. The highest BCUT2D eigenvalue weighted by atomic mass is 32.2. The minimum Gasteiger partial charge on any atom is -0.315 e. The Kier molecular flexibility index (Phi) is 6.10. The molecule has 0 amide bonds. The zero-order valence-electron chi connectivity index (χ0n) is 10.0. The molecule has 2 unspecified atom stereocenters. The summed E-state index contributed by atoms with van der Waals surface area (Å²) in [4.78, 5) is 0. The standard InChI is InChI=1S/C10H22N2O2S2/c1-3-9(8-15-2)12-16(13,14)10-5-4-6-11-7-10/h9-12H,3-8H2,1-2H3. The van der Waals surface area contributed by atoms with E-state index in [4.69, 9.17) is 0 Å². The summed E-state index contributed by atoms with van der Waals surface area (Å²) < 4.78 is 27.0. The van der Waals surface area contributed by atoms with Gasteiger partial charge in [0.1, 0.15) is 0 Å². The SMILES string of the molecule is CCC(CSC)NS(=O)(=O)C1CCCNC1. The van der Waals surface area contributed by atoms with E-state index in [1.54, 1.807) is 11.8 Å². The largest absolute Gasteiger partial charge is 0.315 e. The fourth-order valence-electron chi connectivity index (χ4n) is 1.85. The number of piperidine rings is 1. The van der Waals surface area contributed by atoms with Crippen molar-refractivity contribution in [2.24, 2.45) is 0 Å². The molecule has 0 aromatic rings. The van der Waals surface area contributed by atoms with Gasteiger partial charge in [-0.15, -0.1) is 0 Å². The van der Waals surface area contributed by atoms with Crippen molar-refractivity contribution < 1.29 is 8.42 Å². The molecule has 4 nitrogen and oxygen atoms in total. The van der Waals surface area contributed by atoms with E-state index in [0.29, 0.717) is 6.54 Å². The van der Waals surface area contributed by atoms with Gasteiger partial charge in [0.15, 0.2) is 0 Å². The summed E-state index contributed by atoms with van der Waals surface area (Å²) in [5, 5.41) is 2.89. The highest BCUT2D eigenvalue weighted by molar-refractivity contribution is 7.98. The molecule has 2 atom stereocenters. The lowest BCUT2D eigenvalue weighted by molar-refractivity contribution is 0.483. The molecule has 0 spiro atoms. The first-order chi connectivity index (χ1) is 7.60. The molecular formula is C10H22N2O2S2. The van der Waals surface area contributed by atoms with Crippen molar-refractivity contribution in [3.8, 4) is 0 Å². The molecule has 0 bridgehead atoms. The van der Waals surface area contributed by atoms with E-state index in [9.17, 15) is 8.42 Å². The van der Waals surface area contributed by atoms with Gasteiger partial charge in [0.05, 0.1) is 5.25 Å². The van der Waals surface area contributed by atoms with E-state index in [1.807, 2.05) is 13.2 Å². The zero-order valence-corrected chi connectivity index (χ0v) is 11.7. The molecule has 0 aromatic heterocycles. The van der Waals surface area contributed by atoms with Gasteiger partial charge in [-0.3, -0.25) is 0 Å². The Morgan fingerprint density at radius 1 is 1.56 bits per heavy atom. The lowest BCUT2D eigenvalue weighted by atomic mass is 10.2. The summed E-state index contributed by atoms with van der Waals surface area (Å²) in [7, 11) is -3.14. The number of hydrogen-bond acceptors (Lipinski definition) is 4. The fraction of sp³-hybridized carbons (Fsp3) is 1.00. The van der Waals surface area contributed by atoms with Crippen LogP contribution in [0.1, 0.15) is 26.2 Å². The van der Waals surface area contributed by atoms with E-state index >= 15 is 0 Å². The first-order valence-corrected chi connectivity index (χ1v) is 8.75. The van der Waals surface area contributed by atoms with Gasteiger partial charge in [-0.1, -0.05) is 6.92 Å². The molecule has 0 aromatic carbocycles. The van der Waals surface area contributed by atoms with Crippen molar-refractivity contribution in [1.29, 1.82) is 0 Å². The molecule has 16 heavy (non-hydrogen) atoms. The molecule has 0 radical (unpaired) electrons. The van der Waals surface area contributed by atoms with Crippen molar-refractivity contribution in [2.75, 3.05) is 25.1 Å². The molecule has 1 aliphatic heterocycles. The second-order valence-corrected chi connectivity index (χ2v) is 7.09. The molecule has 2 N–H and O–H groups in total. The van der Waals surface area contributed by atoms with Crippen LogP contribution in [0.4, 0.5) is 0 Å². The first kappa shape index (κ1) is 14.3. The molecule has 1 fully saturated rings. The van der Waals surface area contributed by atoms with Crippen LogP contribution in [0, 0.1) is 0 Å². The molecule has 96 valence electrons. The summed E-state index contributed by atoms with van der Waals surface area (Å²) in [5.74, 6) is 0.843. The second kappa shape index (κ2) is 6.83. The summed E-state index contributed by atoms with van der Waals surface area (Å²) in [6.07, 6.45) is 4.57. The Labute approximate surface area is 103 Å². The molecular weight excluding hydrogens is 244 g/mol. The van der Waals surface area contributed by atoms with Gasteiger partial charge in [0.25, 0.3) is 0 Å². The van der Waals surface area contributed by atoms with Gasteiger partial charge < -0.3 is 5.32 Å². The second-order valence-electron chi connectivity index (χ2n) is 4.19. The minimum absolute atomic E-state index is 0.0712. The van der Waals surface area contributed by atoms with E-state index in [0.717, 1.165) is 31.6 Å². The molecule has 1 saturated heterocycles. The van der Waals surface area contributed by atoms with Crippen LogP contribution in [0.3, 0.4) is 0 Å². The predicted molar refractivity (Wildman–Crippen MR) is 70.4 cm³/mol. The molecule has 0 saturated carbocycles. The zero-order chi connectivity index (χ0) is 12.0. The van der Waals surface area contributed by atoms with Crippen LogP contribution in [-0.4, -0.2) is 44.8 Å². The van der Waals surface area contributed by atoms with Gasteiger partial charge in [-0.25, -0.2) is 13.1 Å². The topological polar surface area (TPSA) is 58.2 Å². The Bertz CT molecular complexity index is 287. The summed E-state index contributed by atoms with van der Waals surface area (Å²) >= 11 is 1.68. The van der Waals surface area contributed by atoms with Crippen molar-refractivity contribution in [3.63, 3.8) is 0 Å². The monoisotopic (exact) mass is 266 g/mol. The van der Waals surface area contributed by atoms with Crippen molar-refractivity contribution >= 4 is 21.8 Å². The maximum absolute atomic E-state index is 12.1. The number of thioether (sulfide) groups is 1. The number of sulfonamides is 1. The van der Waals surface area contributed by atoms with E-state index in [2.05, 4.69) is 10.0 Å². The average molecular weight is 266 g/mol. The van der Waals surface area contributed by atoms with Gasteiger partial charge in [0, 0.05) is 18.3 Å². The first-order valence-electron chi connectivity index (χ1n) is 5.81. The third-order valence-electron chi connectivity index (χ3n) is 2.88. The van der Waals surface area contributed by atoms with E-state index in [-0.39, 0.29) is 11.3 Å². The summed E-state index contributed by atoms with van der Waals surface area (Å²) in [6, 6.07) is 0.0712. The van der Waals surface area contributed by atoms with Crippen LogP contribution in [-0.2, 0) is 10.0 Å². The van der Waals surface area contributed by atoms with Crippen LogP contribution in [0.5, 0.6) is 0 Å². The molecule has 6 heteroatoms.